The maximum absolute atomic E-state index is 12.3. The predicted octanol–water partition coefficient (Wildman–Crippen LogP) is 3.36. The molecule has 2 N–H and O–H groups in total. The number of carbonyl (C=O) groups excluding carboxylic acids is 2. The van der Waals surface area contributed by atoms with Crippen LogP contribution in [0.3, 0.4) is 0 Å². The number of thiophene rings is 1. The highest BCUT2D eigenvalue weighted by Gasteiger charge is 2.20. The molecule has 1 atom stereocenters. The van der Waals surface area contributed by atoms with E-state index < -0.39 is 5.91 Å². The Kier molecular flexibility index (Phi) is 5.73. The Bertz CT molecular complexity index is 841. The summed E-state index contributed by atoms with van der Waals surface area (Å²) in [7, 11) is 1.58. The third kappa shape index (κ3) is 4.32. The van der Waals surface area contributed by atoms with Gasteiger partial charge >= 0.3 is 0 Å². The average molecular weight is 370 g/mol. The predicted molar refractivity (Wildman–Crippen MR) is 103 cm³/mol. The standard InChI is InChI=1S/C20H22N2O3S/c1-13-7-9-17-15(11-13)12-18(26-17)20(24)22-21-19(23)10-8-14-5-3-4-6-16(14)25-2/h3-6,8,10,12-13H,7,9,11H2,1-2H3,(H,21,23)(H,22,24)/b10-8+/t13-/m1/s1. The van der Waals surface area contributed by atoms with E-state index in [1.54, 1.807) is 13.2 Å². The number of fused-ring (bicyclic) bond motifs is 1. The molecule has 1 aliphatic rings. The molecular formula is C20H22N2O3S. The smallest absolute Gasteiger partial charge is 0.279 e. The molecule has 2 amide bonds. The molecule has 0 radical (unpaired) electrons. The van der Waals surface area contributed by atoms with Crippen molar-refractivity contribution in [1.29, 1.82) is 0 Å². The summed E-state index contributed by atoms with van der Waals surface area (Å²) < 4.78 is 5.23. The zero-order chi connectivity index (χ0) is 18.5. The minimum Gasteiger partial charge on any atom is -0.496 e. The Balaban J connectivity index is 1.56. The first-order valence-electron chi connectivity index (χ1n) is 8.60. The molecule has 1 aliphatic carbocycles. The van der Waals surface area contributed by atoms with Crippen molar-refractivity contribution in [1.82, 2.24) is 10.9 Å². The van der Waals surface area contributed by atoms with Crippen molar-refractivity contribution in [2.75, 3.05) is 7.11 Å². The SMILES string of the molecule is COc1ccccc1/C=C/C(=O)NNC(=O)c1cc2c(s1)CC[C@@H](C)C2. The molecule has 0 spiro atoms. The van der Waals surface area contributed by atoms with Crippen LogP contribution in [0.25, 0.3) is 6.08 Å². The summed E-state index contributed by atoms with van der Waals surface area (Å²) in [6.07, 6.45) is 6.22. The first-order valence-corrected chi connectivity index (χ1v) is 9.41. The van der Waals surface area contributed by atoms with E-state index in [1.807, 2.05) is 30.3 Å². The Morgan fingerprint density at radius 1 is 1.27 bits per heavy atom. The van der Waals surface area contributed by atoms with Crippen LogP contribution in [-0.2, 0) is 17.6 Å². The van der Waals surface area contributed by atoms with Gasteiger partial charge in [0.2, 0.25) is 0 Å². The van der Waals surface area contributed by atoms with Crippen LogP contribution in [-0.4, -0.2) is 18.9 Å². The number of para-hydroxylation sites is 1. The van der Waals surface area contributed by atoms with E-state index in [-0.39, 0.29) is 5.91 Å². The van der Waals surface area contributed by atoms with E-state index in [9.17, 15) is 9.59 Å². The Morgan fingerprint density at radius 2 is 2.08 bits per heavy atom. The molecule has 0 fully saturated rings. The highest BCUT2D eigenvalue weighted by molar-refractivity contribution is 7.14. The van der Waals surface area contributed by atoms with Crippen LogP contribution in [0.5, 0.6) is 5.75 Å². The molecule has 0 bridgehead atoms. The first-order chi connectivity index (χ1) is 12.6. The van der Waals surface area contributed by atoms with Crippen LogP contribution in [0.1, 0.15) is 39.0 Å². The number of carbonyl (C=O) groups is 2. The molecule has 136 valence electrons. The van der Waals surface area contributed by atoms with Gasteiger partial charge in [-0.25, -0.2) is 0 Å². The number of hydrogen-bond acceptors (Lipinski definition) is 4. The van der Waals surface area contributed by atoms with Gasteiger partial charge in [-0.15, -0.1) is 11.3 Å². The molecule has 5 nitrogen and oxygen atoms in total. The number of methoxy groups -OCH3 is 1. The molecule has 0 saturated carbocycles. The lowest BCUT2D eigenvalue weighted by molar-refractivity contribution is -0.117. The van der Waals surface area contributed by atoms with Crippen molar-refractivity contribution >= 4 is 29.2 Å². The van der Waals surface area contributed by atoms with Crippen LogP contribution in [0.2, 0.25) is 0 Å². The number of rotatable bonds is 4. The van der Waals surface area contributed by atoms with Gasteiger partial charge in [0.15, 0.2) is 0 Å². The summed E-state index contributed by atoms with van der Waals surface area (Å²) in [6.45, 7) is 2.23. The molecule has 0 aliphatic heterocycles. The van der Waals surface area contributed by atoms with Crippen LogP contribution >= 0.6 is 11.3 Å². The fraction of sp³-hybridized carbons (Fsp3) is 0.300. The fourth-order valence-corrected chi connectivity index (χ4v) is 4.11. The first kappa shape index (κ1) is 18.2. The topological polar surface area (TPSA) is 67.4 Å². The molecule has 26 heavy (non-hydrogen) atoms. The van der Waals surface area contributed by atoms with E-state index in [1.165, 1.54) is 34.3 Å². The van der Waals surface area contributed by atoms with Gasteiger partial charge in [0.25, 0.3) is 11.8 Å². The van der Waals surface area contributed by atoms with E-state index in [4.69, 9.17) is 4.74 Å². The number of aryl methyl sites for hydroxylation is 1. The van der Waals surface area contributed by atoms with Gasteiger partial charge in [-0.1, -0.05) is 25.1 Å². The lowest BCUT2D eigenvalue weighted by atomic mass is 9.90. The zero-order valence-corrected chi connectivity index (χ0v) is 15.7. The second-order valence-corrected chi connectivity index (χ2v) is 7.56. The van der Waals surface area contributed by atoms with Crippen LogP contribution in [0.4, 0.5) is 0 Å². The summed E-state index contributed by atoms with van der Waals surface area (Å²) in [5, 5.41) is 0. The minimum atomic E-state index is -0.404. The molecule has 6 heteroatoms. The van der Waals surface area contributed by atoms with E-state index in [2.05, 4.69) is 17.8 Å². The number of amides is 2. The minimum absolute atomic E-state index is 0.281. The molecule has 1 aromatic carbocycles. The summed E-state index contributed by atoms with van der Waals surface area (Å²) >= 11 is 1.51. The van der Waals surface area contributed by atoms with E-state index >= 15 is 0 Å². The summed E-state index contributed by atoms with van der Waals surface area (Å²) in [6, 6.07) is 9.33. The van der Waals surface area contributed by atoms with E-state index in [0.29, 0.717) is 16.5 Å². The van der Waals surface area contributed by atoms with Gasteiger partial charge in [-0.3, -0.25) is 20.4 Å². The number of benzene rings is 1. The summed E-state index contributed by atoms with van der Waals surface area (Å²) in [4.78, 5) is 26.1. The number of hydrogen-bond donors (Lipinski definition) is 2. The van der Waals surface area contributed by atoms with Gasteiger partial charge in [-0.2, -0.15) is 0 Å². The third-order valence-electron chi connectivity index (χ3n) is 4.41. The average Bonchev–Trinajstić information content (AvgIpc) is 3.07. The van der Waals surface area contributed by atoms with Gasteiger partial charge in [-0.05, 0) is 49.0 Å². The molecule has 2 aromatic rings. The summed E-state index contributed by atoms with van der Waals surface area (Å²) in [5.41, 5.74) is 6.95. The van der Waals surface area contributed by atoms with Crippen molar-refractivity contribution in [2.24, 2.45) is 5.92 Å². The quantitative estimate of drug-likeness (QED) is 0.641. The van der Waals surface area contributed by atoms with Crippen molar-refractivity contribution in [3.05, 3.63) is 57.3 Å². The second-order valence-electron chi connectivity index (χ2n) is 6.43. The van der Waals surface area contributed by atoms with Crippen molar-refractivity contribution in [3.8, 4) is 5.75 Å². The van der Waals surface area contributed by atoms with Crippen molar-refractivity contribution in [3.63, 3.8) is 0 Å². The fourth-order valence-electron chi connectivity index (χ4n) is 3.01. The molecule has 3 rings (SSSR count). The number of hydrazine groups is 1. The van der Waals surface area contributed by atoms with E-state index in [0.717, 1.165) is 18.4 Å². The van der Waals surface area contributed by atoms with Crippen molar-refractivity contribution < 1.29 is 14.3 Å². The normalized spacial score (nSPS) is 16.2. The summed E-state index contributed by atoms with van der Waals surface area (Å²) in [5.74, 6) is 0.655. The van der Waals surface area contributed by atoms with Gasteiger partial charge in [0, 0.05) is 16.5 Å². The Labute approximate surface area is 157 Å². The lowest BCUT2D eigenvalue weighted by Crippen LogP contribution is -2.40. The highest BCUT2D eigenvalue weighted by atomic mass is 32.1. The Hall–Kier alpha value is -2.60. The van der Waals surface area contributed by atoms with Crippen molar-refractivity contribution in [2.45, 2.75) is 26.2 Å². The maximum Gasteiger partial charge on any atom is 0.279 e. The van der Waals surface area contributed by atoms with Gasteiger partial charge in [0.1, 0.15) is 5.75 Å². The van der Waals surface area contributed by atoms with Gasteiger partial charge in [0.05, 0.1) is 12.0 Å². The maximum atomic E-state index is 12.3. The lowest BCUT2D eigenvalue weighted by Gasteiger charge is -2.16. The highest BCUT2D eigenvalue weighted by Crippen LogP contribution is 2.32. The number of ether oxygens (including phenoxy) is 1. The van der Waals surface area contributed by atoms with Gasteiger partial charge < -0.3 is 4.74 Å². The second kappa shape index (κ2) is 8.19. The third-order valence-corrected chi connectivity index (χ3v) is 5.64. The molecular weight excluding hydrogens is 348 g/mol. The molecule has 1 heterocycles. The van der Waals surface area contributed by atoms with Crippen LogP contribution < -0.4 is 15.6 Å². The monoisotopic (exact) mass is 370 g/mol. The number of nitrogens with one attached hydrogen (secondary N) is 2. The zero-order valence-electron chi connectivity index (χ0n) is 14.9. The molecule has 0 saturated heterocycles. The van der Waals surface area contributed by atoms with Crippen LogP contribution in [0, 0.1) is 5.92 Å². The molecule has 0 unspecified atom stereocenters. The molecule has 1 aromatic heterocycles. The van der Waals surface area contributed by atoms with Crippen LogP contribution in [0.15, 0.2) is 36.4 Å². The largest absolute Gasteiger partial charge is 0.496 e. The Morgan fingerprint density at radius 3 is 2.88 bits per heavy atom.